The lowest BCUT2D eigenvalue weighted by Gasteiger charge is -2.35. The smallest absolute Gasteiger partial charge is 0.416 e. The number of esters is 1. The quantitative estimate of drug-likeness (QED) is 0.298. The molecule has 9 heteroatoms. The second kappa shape index (κ2) is 10.4. The molecular formula is C27H26Cl2F3NO3. The molecule has 4 nitrogen and oxygen atoms in total. The number of nitrogens with zero attached hydrogens (tertiary/aromatic N) is 1. The standard InChI is InChI=1S/C27H26Cl2F3NO3/c1-15-10-19(27(30,31)32)13-23-25(15)18(14-36-23)12-21-22(28)5-4-20(26(21)29)16(2)33-8-6-17(7-9-33)11-24(34)35-3/h4-5,10,13-14,17H,2,6-9,11-12H2,1,3H3. The van der Waals surface area contributed by atoms with Crippen LogP contribution in [0.2, 0.25) is 10.0 Å². The molecule has 192 valence electrons. The van der Waals surface area contributed by atoms with Crippen LogP contribution in [0.25, 0.3) is 16.7 Å². The van der Waals surface area contributed by atoms with Gasteiger partial charge in [0, 0.05) is 53.2 Å². The highest BCUT2D eigenvalue weighted by atomic mass is 35.5. The van der Waals surface area contributed by atoms with Crippen molar-refractivity contribution in [2.75, 3.05) is 20.2 Å². The van der Waals surface area contributed by atoms with Crippen LogP contribution in [-0.2, 0) is 22.1 Å². The van der Waals surface area contributed by atoms with E-state index in [9.17, 15) is 18.0 Å². The van der Waals surface area contributed by atoms with E-state index in [1.807, 2.05) is 6.07 Å². The number of likely N-dealkylation sites (tertiary alicyclic amines) is 1. The Balaban J connectivity index is 1.57. The van der Waals surface area contributed by atoms with E-state index < -0.39 is 11.7 Å². The molecule has 0 atom stereocenters. The van der Waals surface area contributed by atoms with E-state index in [0.717, 1.165) is 49.3 Å². The van der Waals surface area contributed by atoms with E-state index >= 15 is 0 Å². The van der Waals surface area contributed by atoms with Crippen molar-refractivity contribution in [2.45, 2.75) is 38.8 Å². The summed E-state index contributed by atoms with van der Waals surface area (Å²) in [7, 11) is 1.40. The molecular weight excluding hydrogens is 514 g/mol. The largest absolute Gasteiger partial charge is 0.469 e. The van der Waals surface area contributed by atoms with Crippen molar-refractivity contribution in [2.24, 2.45) is 5.92 Å². The minimum Gasteiger partial charge on any atom is -0.469 e. The van der Waals surface area contributed by atoms with Gasteiger partial charge in [-0.05, 0) is 61.1 Å². The molecule has 1 aromatic heterocycles. The van der Waals surface area contributed by atoms with Gasteiger partial charge in [-0.15, -0.1) is 0 Å². The number of carbonyl (C=O) groups is 1. The fourth-order valence-corrected chi connectivity index (χ4v) is 5.43. The fraction of sp³-hybridized carbons (Fsp3) is 0.370. The summed E-state index contributed by atoms with van der Waals surface area (Å²) in [6.45, 7) is 7.36. The highest BCUT2D eigenvalue weighted by Gasteiger charge is 2.32. The van der Waals surface area contributed by atoms with E-state index in [0.29, 0.717) is 45.0 Å². The molecule has 1 aliphatic heterocycles. The van der Waals surface area contributed by atoms with Gasteiger partial charge in [0.2, 0.25) is 0 Å². The number of methoxy groups -OCH3 is 1. The van der Waals surface area contributed by atoms with E-state index in [4.69, 9.17) is 32.4 Å². The van der Waals surface area contributed by atoms with Crippen molar-refractivity contribution < 1.29 is 27.1 Å². The molecule has 1 saturated heterocycles. The molecule has 4 rings (SSSR count). The molecule has 0 spiro atoms. The van der Waals surface area contributed by atoms with Crippen LogP contribution in [0.3, 0.4) is 0 Å². The molecule has 0 radical (unpaired) electrons. The Hall–Kier alpha value is -2.64. The Kier molecular flexibility index (Phi) is 7.62. The van der Waals surface area contributed by atoms with Crippen molar-refractivity contribution in [3.8, 4) is 0 Å². The minimum atomic E-state index is -4.46. The first kappa shape index (κ1) is 26.4. The van der Waals surface area contributed by atoms with Gasteiger partial charge >= 0.3 is 12.1 Å². The van der Waals surface area contributed by atoms with Crippen molar-refractivity contribution in [1.29, 1.82) is 0 Å². The van der Waals surface area contributed by atoms with Gasteiger partial charge in [-0.25, -0.2) is 0 Å². The second-order valence-corrected chi connectivity index (χ2v) is 9.93. The summed E-state index contributed by atoms with van der Waals surface area (Å²) in [6.07, 6.45) is -0.623. The Bertz CT molecular complexity index is 1310. The van der Waals surface area contributed by atoms with Crippen LogP contribution in [-0.4, -0.2) is 31.1 Å². The third-order valence-electron chi connectivity index (χ3n) is 6.82. The number of alkyl halides is 3. The zero-order valence-electron chi connectivity index (χ0n) is 20.0. The Labute approximate surface area is 217 Å². The molecule has 0 saturated carbocycles. The number of carbonyl (C=O) groups excluding carboxylic acids is 1. The van der Waals surface area contributed by atoms with E-state index in [1.165, 1.54) is 13.4 Å². The van der Waals surface area contributed by atoms with Crippen molar-refractivity contribution in [3.63, 3.8) is 0 Å². The highest BCUT2D eigenvalue weighted by Crippen LogP contribution is 2.39. The van der Waals surface area contributed by atoms with Gasteiger partial charge in [0.05, 0.1) is 24.0 Å². The van der Waals surface area contributed by atoms with Crippen LogP contribution < -0.4 is 0 Å². The normalized spacial score (nSPS) is 14.9. The number of hydrogen-bond donors (Lipinski definition) is 0. The van der Waals surface area contributed by atoms with Gasteiger partial charge in [0.1, 0.15) is 5.58 Å². The number of aryl methyl sites for hydroxylation is 1. The average molecular weight is 540 g/mol. The fourth-order valence-electron chi connectivity index (χ4n) is 4.82. The monoisotopic (exact) mass is 539 g/mol. The van der Waals surface area contributed by atoms with Gasteiger partial charge in [-0.2, -0.15) is 13.2 Å². The summed E-state index contributed by atoms with van der Waals surface area (Å²) in [5.41, 5.74) is 2.74. The molecule has 36 heavy (non-hydrogen) atoms. The lowest BCUT2D eigenvalue weighted by atomic mass is 9.92. The molecule has 0 amide bonds. The third-order valence-corrected chi connectivity index (χ3v) is 7.61. The first-order valence-electron chi connectivity index (χ1n) is 11.6. The first-order chi connectivity index (χ1) is 17.0. The summed E-state index contributed by atoms with van der Waals surface area (Å²) in [5.74, 6) is 0.0718. The van der Waals surface area contributed by atoms with E-state index in [-0.39, 0.29) is 17.5 Å². The van der Waals surface area contributed by atoms with Crippen molar-refractivity contribution in [1.82, 2.24) is 4.90 Å². The summed E-state index contributed by atoms with van der Waals surface area (Å²) in [6, 6.07) is 5.71. The maximum absolute atomic E-state index is 13.2. The van der Waals surface area contributed by atoms with Crippen LogP contribution in [0.5, 0.6) is 0 Å². The van der Waals surface area contributed by atoms with Gasteiger partial charge < -0.3 is 14.1 Å². The molecule has 0 N–H and O–H groups in total. The summed E-state index contributed by atoms with van der Waals surface area (Å²) >= 11 is 13.3. The number of furan rings is 1. The minimum absolute atomic E-state index is 0.167. The third kappa shape index (κ3) is 5.37. The van der Waals surface area contributed by atoms with Crippen molar-refractivity contribution >= 4 is 45.8 Å². The molecule has 0 unspecified atom stereocenters. The van der Waals surface area contributed by atoms with Crippen LogP contribution >= 0.6 is 23.2 Å². The van der Waals surface area contributed by atoms with Gasteiger partial charge in [0.25, 0.3) is 0 Å². The zero-order valence-corrected chi connectivity index (χ0v) is 21.5. The number of rotatable bonds is 6. The summed E-state index contributed by atoms with van der Waals surface area (Å²) < 4.78 is 49.9. The van der Waals surface area contributed by atoms with Crippen LogP contribution in [0, 0.1) is 12.8 Å². The molecule has 2 aromatic carbocycles. The number of fused-ring (bicyclic) bond motifs is 1. The number of halogens is 5. The Morgan fingerprint density at radius 1 is 1.22 bits per heavy atom. The maximum Gasteiger partial charge on any atom is 0.416 e. The molecule has 3 aromatic rings. The highest BCUT2D eigenvalue weighted by molar-refractivity contribution is 6.37. The first-order valence-corrected chi connectivity index (χ1v) is 12.3. The predicted molar refractivity (Wildman–Crippen MR) is 135 cm³/mol. The number of hydrogen-bond acceptors (Lipinski definition) is 4. The SMILES string of the molecule is C=C(c1ccc(Cl)c(Cc2coc3cc(C(F)(F)F)cc(C)c23)c1Cl)N1CCC(CC(=O)OC)CC1. The number of ether oxygens (including phenoxy) is 1. The van der Waals surface area contributed by atoms with Gasteiger partial charge in [0.15, 0.2) is 0 Å². The molecule has 1 fully saturated rings. The number of benzene rings is 2. The lowest BCUT2D eigenvalue weighted by Crippen LogP contribution is -2.33. The zero-order chi connectivity index (χ0) is 26.2. The lowest BCUT2D eigenvalue weighted by molar-refractivity contribution is -0.142. The summed E-state index contributed by atoms with van der Waals surface area (Å²) in [5, 5.41) is 1.52. The summed E-state index contributed by atoms with van der Waals surface area (Å²) in [4.78, 5) is 13.7. The van der Waals surface area contributed by atoms with Gasteiger partial charge in [-0.1, -0.05) is 29.8 Å². The maximum atomic E-state index is 13.2. The van der Waals surface area contributed by atoms with E-state index in [2.05, 4.69) is 11.5 Å². The van der Waals surface area contributed by atoms with Gasteiger partial charge in [-0.3, -0.25) is 4.79 Å². The molecule has 1 aliphatic rings. The molecule has 0 aliphatic carbocycles. The number of piperidine rings is 1. The van der Waals surface area contributed by atoms with Crippen molar-refractivity contribution in [3.05, 3.63) is 75.0 Å². The Morgan fingerprint density at radius 3 is 2.56 bits per heavy atom. The van der Waals surface area contributed by atoms with Crippen LogP contribution in [0.1, 0.15) is 47.1 Å². The molecule has 0 bridgehead atoms. The second-order valence-electron chi connectivity index (χ2n) is 9.15. The Morgan fingerprint density at radius 2 is 1.92 bits per heavy atom. The topological polar surface area (TPSA) is 42.7 Å². The van der Waals surface area contributed by atoms with Crippen LogP contribution in [0.4, 0.5) is 13.2 Å². The van der Waals surface area contributed by atoms with Crippen LogP contribution in [0.15, 0.2) is 41.5 Å². The molecule has 2 heterocycles. The van der Waals surface area contributed by atoms with E-state index in [1.54, 1.807) is 13.0 Å². The average Bonchev–Trinajstić information content (AvgIpc) is 3.24. The predicted octanol–water partition coefficient (Wildman–Crippen LogP) is 7.90.